The van der Waals surface area contributed by atoms with Crippen molar-refractivity contribution in [2.45, 2.75) is 0 Å². The minimum Gasteiger partial charge on any atom is -0.494 e. The quantitative estimate of drug-likeness (QED) is 0.671. The van der Waals surface area contributed by atoms with Crippen molar-refractivity contribution in [2.24, 2.45) is 5.73 Å². The molecule has 3 N–H and O–H groups in total. The number of nitrogens with two attached hydrogens (primary N) is 1. The van der Waals surface area contributed by atoms with Crippen LogP contribution in [0.4, 0.5) is 5.69 Å². The Morgan fingerprint density at radius 3 is 2.38 bits per heavy atom. The van der Waals surface area contributed by atoms with E-state index in [1.165, 1.54) is 12.1 Å². The maximum atomic E-state index is 12.2. The number of nitrogens with one attached hydrogen (secondary N) is 1. The molecule has 0 bridgehead atoms. The predicted molar refractivity (Wildman–Crippen MR) is 86.2 cm³/mol. The average Bonchev–Trinajstić information content (AvgIpc) is 2.53. The highest BCUT2D eigenvalue weighted by Crippen LogP contribution is 2.26. The molecular weight excluding hydrogens is 286 g/mol. The zero-order valence-corrected chi connectivity index (χ0v) is 12.3. The van der Waals surface area contributed by atoms with Gasteiger partial charge in [0.25, 0.3) is 5.91 Å². The SMILES string of the molecule is COc1ccccc1N(NC(=O)c1ccccc1)C(N)=S. The van der Waals surface area contributed by atoms with Crippen LogP contribution < -0.4 is 20.9 Å². The molecule has 0 aromatic heterocycles. The van der Waals surface area contributed by atoms with E-state index in [0.29, 0.717) is 17.0 Å². The lowest BCUT2D eigenvalue weighted by molar-refractivity contribution is 0.0955. The predicted octanol–water partition coefficient (Wildman–Crippen LogP) is 2.09. The Morgan fingerprint density at radius 1 is 1.14 bits per heavy atom. The number of benzene rings is 2. The number of thiocarbonyl (C=S) groups is 1. The van der Waals surface area contributed by atoms with E-state index in [-0.39, 0.29) is 11.0 Å². The van der Waals surface area contributed by atoms with Gasteiger partial charge in [-0.05, 0) is 36.5 Å². The molecule has 0 spiro atoms. The van der Waals surface area contributed by atoms with E-state index in [2.05, 4.69) is 5.43 Å². The van der Waals surface area contributed by atoms with Crippen LogP contribution in [-0.2, 0) is 0 Å². The molecule has 2 aromatic carbocycles. The molecule has 0 aliphatic heterocycles. The van der Waals surface area contributed by atoms with Crippen molar-refractivity contribution in [1.29, 1.82) is 0 Å². The van der Waals surface area contributed by atoms with Gasteiger partial charge in [-0.2, -0.15) is 0 Å². The molecule has 0 atom stereocenters. The number of methoxy groups -OCH3 is 1. The van der Waals surface area contributed by atoms with Crippen molar-refractivity contribution in [1.82, 2.24) is 5.43 Å². The number of hydrazine groups is 1. The molecule has 0 heterocycles. The minimum atomic E-state index is -0.311. The summed E-state index contributed by atoms with van der Waals surface area (Å²) in [5, 5.41) is 1.34. The summed E-state index contributed by atoms with van der Waals surface area (Å²) in [6.07, 6.45) is 0. The van der Waals surface area contributed by atoms with Gasteiger partial charge in [0.1, 0.15) is 11.4 Å². The fourth-order valence-corrected chi connectivity index (χ4v) is 1.95. The lowest BCUT2D eigenvalue weighted by Gasteiger charge is -2.25. The van der Waals surface area contributed by atoms with Crippen LogP contribution in [0.15, 0.2) is 54.6 Å². The number of nitrogens with zero attached hydrogens (tertiary/aromatic N) is 1. The van der Waals surface area contributed by atoms with Crippen LogP contribution in [-0.4, -0.2) is 18.1 Å². The fourth-order valence-electron chi connectivity index (χ4n) is 1.80. The highest BCUT2D eigenvalue weighted by atomic mass is 32.1. The highest BCUT2D eigenvalue weighted by Gasteiger charge is 2.17. The molecule has 0 fully saturated rings. The summed E-state index contributed by atoms with van der Waals surface area (Å²) >= 11 is 5.01. The second-order valence-corrected chi connectivity index (χ2v) is 4.57. The maximum Gasteiger partial charge on any atom is 0.270 e. The summed E-state index contributed by atoms with van der Waals surface area (Å²) in [5.41, 5.74) is 9.45. The van der Waals surface area contributed by atoms with Gasteiger partial charge in [-0.15, -0.1) is 0 Å². The van der Waals surface area contributed by atoms with Gasteiger partial charge in [0.05, 0.1) is 7.11 Å². The molecule has 2 rings (SSSR count). The van der Waals surface area contributed by atoms with Crippen LogP contribution in [0.5, 0.6) is 5.75 Å². The molecule has 0 aliphatic carbocycles. The molecule has 0 unspecified atom stereocenters. The third kappa shape index (κ3) is 3.49. The van der Waals surface area contributed by atoms with E-state index in [9.17, 15) is 4.79 Å². The molecule has 2 aromatic rings. The van der Waals surface area contributed by atoms with E-state index in [4.69, 9.17) is 22.7 Å². The van der Waals surface area contributed by atoms with E-state index >= 15 is 0 Å². The summed E-state index contributed by atoms with van der Waals surface area (Å²) in [7, 11) is 1.54. The number of hydrogen-bond donors (Lipinski definition) is 2. The number of hydrogen-bond acceptors (Lipinski definition) is 3. The van der Waals surface area contributed by atoms with Crippen molar-refractivity contribution in [3.8, 4) is 5.75 Å². The number of ether oxygens (including phenoxy) is 1. The first-order valence-electron chi connectivity index (χ1n) is 6.22. The lowest BCUT2D eigenvalue weighted by atomic mass is 10.2. The summed E-state index contributed by atoms with van der Waals surface area (Å²) < 4.78 is 5.26. The van der Waals surface area contributed by atoms with Gasteiger partial charge >= 0.3 is 0 Å². The molecule has 1 amide bonds. The smallest absolute Gasteiger partial charge is 0.270 e. The van der Waals surface area contributed by atoms with E-state index in [1.807, 2.05) is 12.1 Å². The molecular formula is C15H15N3O2S. The number of anilines is 1. The number of amides is 1. The first kappa shape index (κ1) is 14.8. The average molecular weight is 301 g/mol. The highest BCUT2D eigenvalue weighted by molar-refractivity contribution is 7.80. The Balaban J connectivity index is 2.28. The first-order chi connectivity index (χ1) is 10.1. The third-order valence-electron chi connectivity index (χ3n) is 2.80. The van der Waals surface area contributed by atoms with Crippen molar-refractivity contribution >= 4 is 28.9 Å². The molecule has 0 saturated carbocycles. The Bertz CT molecular complexity index is 646. The third-order valence-corrected chi connectivity index (χ3v) is 2.98. The van der Waals surface area contributed by atoms with Gasteiger partial charge in [0.2, 0.25) is 0 Å². The Morgan fingerprint density at radius 2 is 1.76 bits per heavy atom. The van der Waals surface area contributed by atoms with Crippen LogP contribution in [0, 0.1) is 0 Å². The van der Waals surface area contributed by atoms with Crippen molar-refractivity contribution in [2.75, 3.05) is 12.1 Å². The number of para-hydroxylation sites is 2. The summed E-state index contributed by atoms with van der Waals surface area (Å²) in [4.78, 5) is 12.2. The Hall–Kier alpha value is -2.60. The number of carbonyl (C=O) groups is 1. The second kappa shape index (κ2) is 6.71. The second-order valence-electron chi connectivity index (χ2n) is 4.15. The monoisotopic (exact) mass is 301 g/mol. The number of carbonyl (C=O) groups excluding carboxylic acids is 1. The number of rotatable bonds is 3. The van der Waals surface area contributed by atoms with Crippen molar-refractivity contribution in [3.05, 3.63) is 60.2 Å². The van der Waals surface area contributed by atoms with E-state index in [1.54, 1.807) is 42.5 Å². The van der Waals surface area contributed by atoms with Gasteiger partial charge < -0.3 is 10.5 Å². The van der Waals surface area contributed by atoms with Gasteiger partial charge in [0, 0.05) is 5.56 Å². The molecule has 0 aliphatic rings. The Kier molecular flexibility index (Phi) is 4.73. The van der Waals surface area contributed by atoms with Gasteiger partial charge in [-0.1, -0.05) is 30.3 Å². The molecule has 108 valence electrons. The minimum absolute atomic E-state index is 0.0174. The van der Waals surface area contributed by atoms with Gasteiger partial charge in [-0.25, -0.2) is 5.01 Å². The van der Waals surface area contributed by atoms with Crippen molar-refractivity contribution in [3.63, 3.8) is 0 Å². The molecule has 21 heavy (non-hydrogen) atoms. The maximum absolute atomic E-state index is 12.2. The summed E-state index contributed by atoms with van der Waals surface area (Å²) in [6.45, 7) is 0. The lowest BCUT2D eigenvalue weighted by Crippen LogP contribution is -2.49. The standard InChI is InChI=1S/C15H15N3O2S/c1-20-13-10-6-5-9-12(13)18(15(16)21)17-14(19)11-7-3-2-4-8-11/h2-10H,1H3,(H2,16,21)(H,17,19). The van der Waals surface area contributed by atoms with Gasteiger partial charge in [-0.3, -0.25) is 10.2 Å². The normalized spacial score (nSPS) is 9.76. The first-order valence-corrected chi connectivity index (χ1v) is 6.63. The van der Waals surface area contributed by atoms with Crippen molar-refractivity contribution < 1.29 is 9.53 Å². The summed E-state index contributed by atoms with van der Waals surface area (Å²) in [6, 6.07) is 15.9. The largest absolute Gasteiger partial charge is 0.494 e. The van der Waals surface area contributed by atoms with Gasteiger partial charge in [0.15, 0.2) is 5.11 Å². The fraction of sp³-hybridized carbons (Fsp3) is 0.0667. The van der Waals surface area contributed by atoms with Crippen LogP contribution in [0.1, 0.15) is 10.4 Å². The molecule has 6 heteroatoms. The van der Waals surface area contributed by atoms with Crippen LogP contribution in [0.2, 0.25) is 0 Å². The molecule has 5 nitrogen and oxygen atoms in total. The van der Waals surface area contributed by atoms with E-state index < -0.39 is 0 Å². The zero-order chi connectivity index (χ0) is 15.2. The van der Waals surface area contributed by atoms with Crippen LogP contribution in [0.25, 0.3) is 0 Å². The Labute approximate surface area is 128 Å². The topological polar surface area (TPSA) is 67.6 Å². The van der Waals surface area contributed by atoms with E-state index in [0.717, 1.165) is 0 Å². The molecule has 0 saturated heterocycles. The molecule has 0 radical (unpaired) electrons. The van der Waals surface area contributed by atoms with Crippen LogP contribution >= 0.6 is 12.2 Å². The zero-order valence-electron chi connectivity index (χ0n) is 11.4. The van der Waals surface area contributed by atoms with Crippen LogP contribution in [0.3, 0.4) is 0 Å². The summed E-state index contributed by atoms with van der Waals surface area (Å²) in [5.74, 6) is 0.243.